The van der Waals surface area contributed by atoms with E-state index in [-0.39, 0.29) is 35.9 Å². The van der Waals surface area contributed by atoms with Crippen LogP contribution in [0, 0.1) is 11.3 Å². The van der Waals surface area contributed by atoms with E-state index in [2.05, 4.69) is 16.6 Å². The first-order valence-electron chi connectivity index (χ1n) is 10.2. The predicted molar refractivity (Wildman–Crippen MR) is 122 cm³/mol. The fourth-order valence-electron chi connectivity index (χ4n) is 3.50. The van der Waals surface area contributed by atoms with Gasteiger partial charge in [0.25, 0.3) is 0 Å². The summed E-state index contributed by atoms with van der Waals surface area (Å²) in [5.74, 6) is -0.869. The van der Waals surface area contributed by atoms with Crippen LogP contribution in [0.4, 0.5) is 0 Å². The molecule has 9 nitrogen and oxygen atoms in total. The molecule has 172 valence electrons. The van der Waals surface area contributed by atoms with Crippen molar-refractivity contribution in [1.29, 1.82) is 5.41 Å². The summed E-state index contributed by atoms with van der Waals surface area (Å²) in [4.78, 5) is 28.9. The molecule has 2 heterocycles. The van der Waals surface area contributed by atoms with Gasteiger partial charge in [-0.3, -0.25) is 15.0 Å². The lowest BCUT2D eigenvalue weighted by atomic mass is 10.0. The fraction of sp³-hybridized carbons (Fsp3) is 0.550. The van der Waals surface area contributed by atoms with E-state index in [0.29, 0.717) is 30.7 Å². The summed E-state index contributed by atoms with van der Waals surface area (Å²) < 4.78 is 26.9. The van der Waals surface area contributed by atoms with Gasteiger partial charge in [-0.25, -0.2) is 13.1 Å². The number of likely N-dealkylation sites (tertiary alicyclic amines) is 1. The second-order valence-corrected chi connectivity index (χ2v) is 10.9. The number of nitrogens with two attached hydrogens (primary N) is 1. The second-order valence-electron chi connectivity index (χ2n) is 7.96. The summed E-state index contributed by atoms with van der Waals surface area (Å²) in [6.07, 6.45) is 2.80. The summed E-state index contributed by atoms with van der Waals surface area (Å²) in [6, 6.07) is 1.96. The number of amidine groups is 1. The molecular weight excluding hydrogens is 438 g/mol. The zero-order valence-corrected chi connectivity index (χ0v) is 19.5. The first-order chi connectivity index (χ1) is 14.5. The summed E-state index contributed by atoms with van der Waals surface area (Å²) in [7, 11) is -3.68. The largest absolute Gasteiger partial charge is 0.383 e. The van der Waals surface area contributed by atoms with Crippen LogP contribution in [-0.4, -0.2) is 55.3 Å². The van der Waals surface area contributed by atoms with Crippen molar-refractivity contribution in [1.82, 2.24) is 14.9 Å². The van der Waals surface area contributed by atoms with E-state index < -0.39 is 22.1 Å². The fourth-order valence-corrected chi connectivity index (χ4v) is 5.35. The number of rotatable bonds is 11. The molecule has 0 bridgehead atoms. The molecular formula is C20H31N5O4S2. The Balaban J connectivity index is 2.07. The van der Waals surface area contributed by atoms with E-state index in [1.54, 1.807) is 12.1 Å². The standard InChI is InChI=1S/C20H31N5O4S2/c1-4-10-31(28,29)24-15(11-13(2)3)20(27)25-9-5-6-16(25)19(26)23-12-14-7-8-17(30-14)18(21)22/h4,7-8,13,15-16,24H,1,5-6,9-12H2,2-3H3,(H3,21,22)(H,23,26)/t15?,16-/m0/s1. The summed E-state index contributed by atoms with van der Waals surface area (Å²) in [5.41, 5.74) is 5.47. The first kappa shape index (κ1) is 25.0. The van der Waals surface area contributed by atoms with Crippen LogP contribution in [0.1, 0.15) is 42.9 Å². The average molecular weight is 470 g/mol. The van der Waals surface area contributed by atoms with Crippen LogP contribution in [0.3, 0.4) is 0 Å². The summed E-state index contributed by atoms with van der Waals surface area (Å²) >= 11 is 1.33. The predicted octanol–water partition coefficient (Wildman–Crippen LogP) is 1.16. The Hall–Kier alpha value is -2.24. The number of hydrogen-bond donors (Lipinski definition) is 4. The van der Waals surface area contributed by atoms with Crippen molar-refractivity contribution in [2.24, 2.45) is 11.7 Å². The van der Waals surface area contributed by atoms with Gasteiger partial charge >= 0.3 is 0 Å². The van der Waals surface area contributed by atoms with Crippen molar-refractivity contribution >= 4 is 39.0 Å². The zero-order chi connectivity index (χ0) is 23.2. The highest BCUT2D eigenvalue weighted by molar-refractivity contribution is 7.89. The molecule has 2 rings (SSSR count). The average Bonchev–Trinajstić information content (AvgIpc) is 3.34. The van der Waals surface area contributed by atoms with Gasteiger partial charge in [0, 0.05) is 11.4 Å². The molecule has 2 amide bonds. The highest BCUT2D eigenvalue weighted by Crippen LogP contribution is 2.21. The van der Waals surface area contributed by atoms with Gasteiger partial charge in [-0.05, 0) is 37.3 Å². The Morgan fingerprint density at radius 2 is 2.13 bits per heavy atom. The van der Waals surface area contributed by atoms with Crippen molar-refractivity contribution < 1.29 is 18.0 Å². The Morgan fingerprint density at radius 1 is 1.42 bits per heavy atom. The Labute approximate surface area is 187 Å². The highest BCUT2D eigenvalue weighted by atomic mass is 32.2. The third-order valence-electron chi connectivity index (χ3n) is 4.87. The number of nitrogens with zero attached hydrogens (tertiary/aromatic N) is 1. The molecule has 11 heteroatoms. The summed E-state index contributed by atoms with van der Waals surface area (Å²) in [5, 5.41) is 10.3. The minimum atomic E-state index is -3.68. The van der Waals surface area contributed by atoms with Crippen molar-refractivity contribution in [2.45, 2.75) is 51.7 Å². The van der Waals surface area contributed by atoms with Crippen molar-refractivity contribution in [3.63, 3.8) is 0 Å². The Bertz CT molecular complexity index is 926. The van der Waals surface area contributed by atoms with Crippen LogP contribution in [0.2, 0.25) is 0 Å². The van der Waals surface area contributed by atoms with Crippen molar-refractivity contribution in [2.75, 3.05) is 12.3 Å². The lowest BCUT2D eigenvalue weighted by Crippen LogP contribution is -2.53. The van der Waals surface area contributed by atoms with Crippen LogP contribution in [0.25, 0.3) is 0 Å². The Kier molecular flexibility index (Phi) is 8.78. The van der Waals surface area contributed by atoms with Crippen LogP contribution in [-0.2, 0) is 26.2 Å². The second kappa shape index (κ2) is 10.9. The number of carbonyl (C=O) groups excluding carboxylic acids is 2. The Morgan fingerprint density at radius 3 is 2.71 bits per heavy atom. The maximum Gasteiger partial charge on any atom is 0.243 e. The minimum Gasteiger partial charge on any atom is -0.383 e. The van der Waals surface area contributed by atoms with Gasteiger partial charge in [0.2, 0.25) is 21.8 Å². The topological polar surface area (TPSA) is 145 Å². The third-order valence-corrected chi connectivity index (χ3v) is 7.30. The monoisotopic (exact) mass is 469 g/mol. The molecule has 1 aromatic rings. The smallest absolute Gasteiger partial charge is 0.243 e. The molecule has 0 spiro atoms. The van der Waals surface area contributed by atoms with Crippen molar-refractivity contribution in [3.8, 4) is 0 Å². The maximum absolute atomic E-state index is 13.2. The molecule has 1 unspecified atom stereocenters. The highest BCUT2D eigenvalue weighted by Gasteiger charge is 2.38. The van der Waals surface area contributed by atoms with Gasteiger partial charge in [0.1, 0.15) is 17.9 Å². The number of nitrogen functional groups attached to an aromatic ring is 1. The van der Waals surface area contributed by atoms with E-state index in [4.69, 9.17) is 11.1 Å². The van der Waals surface area contributed by atoms with Crippen LogP contribution >= 0.6 is 11.3 Å². The number of nitrogens with one attached hydrogen (secondary N) is 3. The molecule has 1 aromatic heterocycles. The van der Waals surface area contributed by atoms with Gasteiger partial charge in [-0.15, -0.1) is 17.9 Å². The van der Waals surface area contributed by atoms with Gasteiger partial charge in [0.05, 0.1) is 17.2 Å². The van der Waals surface area contributed by atoms with Gasteiger partial charge in [0.15, 0.2) is 0 Å². The molecule has 5 N–H and O–H groups in total. The van der Waals surface area contributed by atoms with Crippen molar-refractivity contribution in [3.05, 3.63) is 34.5 Å². The number of amides is 2. The van der Waals surface area contributed by atoms with Gasteiger partial charge in [-0.1, -0.05) is 19.9 Å². The van der Waals surface area contributed by atoms with Gasteiger partial charge in [-0.2, -0.15) is 0 Å². The van der Waals surface area contributed by atoms with Crippen LogP contribution in [0.5, 0.6) is 0 Å². The van der Waals surface area contributed by atoms with E-state index in [0.717, 1.165) is 4.88 Å². The van der Waals surface area contributed by atoms with Crippen LogP contribution in [0.15, 0.2) is 24.8 Å². The normalized spacial score (nSPS) is 17.5. The maximum atomic E-state index is 13.2. The minimum absolute atomic E-state index is 0.0229. The molecule has 0 saturated carbocycles. The zero-order valence-electron chi connectivity index (χ0n) is 17.9. The third kappa shape index (κ3) is 7.15. The van der Waals surface area contributed by atoms with Gasteiger partial charge < -0.3 is 16.0 Å². The molecule has 1 saturated heterocycles. The molecule has 0 radical (unpaired) electrons. The number of carbonyl (C=O) groups is 2. The number of hydrogen-bond acceptors (Lipinski definition) is 6. The summed E-state index contributed by atoms with van der Waals surface area (Å²) in [6.45, 7) is 7.94. The molecule has 0 aromatic carbocycles. The molecule has 2 atom stereocenters. The molecule has 1 fully saturated rings. The van der Waals surface area contributed by atoms with E-state index >= 15 is 0 Å². The van der Waals surface area contributed by atoms with E-state index in [9.17, 15) is 18.0 Å². The lowest BCUT2D eigenvalue weighted by molar-refractivity contribution is -0.140. The van der Waals surface area contributed by atoms with Crippen LogP contribution < -0.4 is 15.8 Å². The lowest BCUT2D eigenvalue weighted by Gasteiger charge is -2.29. The van der Waals surface area contributed by atoms with E-state index in [1.807, 2.05) is 13.8 Å². The quantitative estimate of drug-likeness (QED) is 0.218. The molecule has 31 heavy (non-hydrogen) atoms. The first-order valence-corrected chi connectivity index (χ1v) is 12.6. The van der Waals surface area contributed by atoms with E-state index in [1.165, 1.54) is 22.3 Å². The SMILES string of the molecule is C=CCS(=O)(=O)NC(CC(C)C)C(=O)N1CCC[C@H]1C(=O)NCc1ccc(C(=N)N)s1. The number of sulfonamides is 1. The number of thiophene rings is 1. The molecule has 1 aliphatic heterocycles. The molecule has 0 aliphatic carbocycles. The molecule has 1 aliphatic rings.